The number of pyridine rings is 1. The zero-order valence-electron chi connectivity index (χ0n) is 12.2. The van der Waals surface area contributed by atoms with Gasteiger partial charge in [-0.3, -0.25) is 9.78 Å². The minimum atomic E-state index is -0.394. The van der Waals surface area contributed by atoms with E-state index in [4.69, 9.17) is 10.5 Å². The lowest BCUT2D eigenvalue weighted by Crippen LogP contribution is -2.43. The fraction of sp³-hybridized carbons (Fsp3) is 0.600. The van der Waals surface area contributed by atoms with Gasteiger partial charge in [0.25, 0.3) is 0 Å². The van der Waals surface area contributed by atoms with Crippen molar-refractivity contribution in [3.05, 3.63) is 24.5 Å². The third-order valence-electron chi connectivity index (χ3n) is 3.45. The number of hydrogen-bond donors (Lipinski definition) is 1. The normalized spacial score (nSPS) is 20.2. The minimum absolute atomic E-state index is 0.0412. The van der Waals surface area contributed by atoms with Crippen molar-refractivity contribution < 1.29 is 9.53 Å². The largest absolute Gasteiger partial charge is 0.488 e. The Kier molecular flexibility index (Phi) is 4.95. The molecule has 1 aliphatic heterocycles. The predicted octanol–water partition coefficient (Wildman–Crippen LogP) is 1.43. The first-order valence-corrected chi connectivity index (χ1v) is 7.17. The molecule has 20 heavy (non-hydrogen) atoms. The second-order valence-corrected chi connectivity index (χ2v) is 5.73. The molecule has 2 rings (SSSR count). The summed E-state index contributed by atoms with van der Waals surface area (Å²) in [5.41, 5.74) is 5.96. The van der Waals surface area contributed by atoms with Gasteiger partial charge in [-0.05, 0) is 24.5 Å². The molecule has 1 saturated heterocycles. The molecule has 5 heteroatoms. The lowest BCUT2D eigenvalue weighted by Gasteiger charge is -2.22. The molecule has 1 fully saturated rings. The number of carbonyl (C=O) groups is 1. The van der Waals surface area contributed by atoms with Crippen molar-refractivity contribution in [1.82, 2.24) is 9.88 Å². The molecule has 2 N–H and O–H groups in total. The van der Waals surface area contributed by atoms with Crippen LogP contribution in [-0.4, -0.2) is 41.0 Å². The van der Waals surface area contributed by atoms with Crippen LogP contribution in [0.2, 0.25) is 0 Å². The summed E-state index contributed by atoms with van der Waals surface area (Å²) in [6.45, 7) is 5.49. The van der Waals surface area contributed by atoms with Crippen molar-refractivity contribution in [3.8, 4) is 5.75 Å². The Morgan fingerprint density at radius 2 is 2.20 bits per heavy atom. The molecule has 2 atom stereocenters. The summed E-state index contributed by atoms with van der Waals surface area (Å²) in [6, 6.07) is 3.26. The molecule has 1 aliphatic rings. The first-order valence-electron chi connectivity index (χ1n) is 7.17. The molecule has 5 nitrogen and oxygen atoms in total. The van der Waals surface area contributed by atoms with Crippen LogP contribution in [-0.2, 0) is 4.79 Å². The average molecular weight is 277 g/mol. The Morgan fingerprint density at radius 1 is 1.50 bits per heavy atom. The second kappa shape index (κ2) is 6.70. The number of ether oxygens (including phenoxy) is 1. The molecule has 0 bridgehead atoms. The first-order chi connectivity index (χ1) is 9.56. The Balaban J connectivity index is 1.84. The van der Waals surface area contributed by atoms with Gasteiger partial charge in [-0.2, -0.15) is 0 Å². The van der Waals surface area contributed by atoms with E-state index in [9.17, 15) is 4.79 Å². The maximum absolute atomic E-state index is 12.2. The number of rotatable bonds is 5. The van der Waals surface area contributed by atoms with Crippen molar-refractivity contribution in [2.45, 2.75) is 38.8 Å². The maximum atomic E-state index is 12.2. The van der Waals surface area contributed by atoms with Crippen LogP contribution in [0.4, 0.5) is 0 Å². The molecule has 1 aromatic rings. The van der Waals surface area contributed by atoms with Crippen LogP contribution < -0.4 is 10.5 Å². The van der Waals surface area contributed by atoms with E-state index >= 15 is 0 Å². The molecule has 0 saturated carbocycles. The van der Waals surface area contributed by atoms with Gasteiger partial charge in [0, 0.05) is 25.4 Å². The fourth-order valence-corrected chi connectivity index (χ4v) is 2.48. The molecule has 1 aromatic heterocycles. The van der Waals surface area contributed by atoms with Crippen molar-refractivity contribution in [2.24, 2.45) is 11.7 Å². The van der Waals surface area contributed by atoms with Crippen molar-refractivity contribution in [1.29, 1.82) is 0 Å². The highest BCUT2D eigenvalue weighted by molar-refractivity contribution is 5.81. The second-order valence-electron chi connectivity index (χ2n) is 5.73. The van der Waals surface area contributed by atoms with E-state index in [1.54, 1.807) is 12.4 Å². The Labute approximate surface area is 120 Å². The monoisotopic (exact) mass is 277 g/mol. The zero-order chi connectivity index (χ0) is 14.5. The number of nitrogens with two attached hydrogens (primary N) is 1. The van der Waals surface area contributed by atoms with E-state index in [1.807, 2.05) is 17.0 Å². The van der Waals surface area contributed by atoms with Crippen LogP contribution in [0, 0.1) is 5.92 Å². The highest BCUT2D eigenvalue weighted by Gasteiger charge is 2.30. The fourth-order valence-electron chi connectivity index (χ4n) is 2.48. The summed E-state index contributed by atoms with van der Waals surface area (Å²) in [5.74, 6) is 1.27. The average Bonchev–Trinajstić information content (AvgIpc) is 2.86. The highest BCUT2D eigenvalue weighted by Crippen LogP contribution is 2.18. The van der Waals surface area contributed by atoms with E-state index < -0.39 is 6.04 Å². The quantitative estimate of drug-likeness (QED) is 0.884. The molecule has 1 amide bonds. The molecule has 0 aromatic carbocycles. The number of hydrogen-bond acceptors (Lipinski definition) is 4. The van der Waals surface area contributed by atoms with Gasteiger partial charge in [0.1, 0.15) is 11.9 Å². The highest BCUT2D eigenvalue weighted by atomic mass is 16.5. The van der Waals surface area contributed by atoms with Gasteiger partial charge in [-0.1, -0.05) is 13.8 Å². The van der Waals surface area contributed by atoms with Crippen LogP contribution in [0.25, 0.3) is 0 Å². The minimum Gasteiger partial charge on any atom is -0.488 e. The molecule has 0 aliphatic carbocycles. The summed E-state index contributed by atoms with van der Waals surface area (Å²) in [6.07, 6.45) is 5.03. The maximum Gasteiger partial charge on any atom is 0.239 e. The molecular weight excluding hydrogens is 254 g/mol. The number of carbonyl (C=O) groups excluding carboxylic acids is 1. The third-order valence-corrected chi connectivity index (χ3v) is 3.45. The summed E-state index contributed by atoms with van der Waals surface area (Å²) < 4.78 is 5.84. The standard InChI is InChI=1S/C15H23N3O2/c1-11(2)9-14(16)15(19)18-8-5-13(10-18)20-12-3-6-17-7-4-12/h3-4,6-7,11,13-14H,5,8-10,16H2,1-2H3/t13-,14+/m1/s1. The van der Waals surface area contributed by atoms with Gasteiger partial charge in [0.05, 0.1) is 12.6 Å². The van der Waals surface area contributed by atoms with E-state index in [0.29, 0.717) is 12.5 Å². The SMILES string of the molecule is CC(C)C[C@H](N)C(=O)N1CC[C@@H](Oc2ccncc2)C1. The molecular formula is C15H23N3O2. The molecule has 0 spiro atoms. The summed E-state index contributed by atoms with van der Waals surface area (Å²) >= 11 is 0. The molecule has 0 unspecified atom stereocenters. The molecule has 2 heterocycles. The van der Waals surface area contributed by atoms with Gasteiger partial charge in [-0.25, -0.2) is 0 Å². The Bertz CT molecular complexity index is 436. The van der Waals surface area contributed by atoms with E-state index in [-0.39, 0.29) is 12.0 Å². The lowest BCUT2D eigenvalue weighted by atomic mass is 10.0. The number of nitrogens with zero attached hydrogens (tertiary/aromatic N) is 2. The lowest BCUT2D eigenvalue weighted by molar-refractivity contribution is -0.132. The van der Waals surface area contributed by atoms with E-state index in [1.165, 1.54) is 0 Å². The Hall–Kier alpha value is -1.62. The third kappa shape index (κ3) is 3.93. The van der Waals surface area contributed by atoms with Gasteiger partial charge >= 0.3 is 0 Å². The summed E-state index contributed by atoms with van der Waals surface area (Å²) in [5, 5.41) is 0. The molecule has 0 radical (unpaired) electrons. The van der Waals surface area contributed by atoms with Gasteiger partial charge in [0.15, 0.2) is 0 Å². The van der Waals surface area contributed by atoms with Crippen molar-refractivity contribution >= 4 is 5.91 Å². The number of amides is 1. The number of likely N-dealkylation sites (tertiary alicyclic amines) is 1. The van der Waals surface area contributed by atoms with Crippen LogP contribution >= 0.6 is 0 Å². The van der Waals surface area contributed by atoms with Crippen LogP contribution in [0.5, 0.6) is 5.75 Å². The van der Waals surface area contributed by atoms with Crippen molar-refractivity contribution in [2.75, 3.05) is 13.1 Å². The zero-order valence-corrected chi connectivity index (χ0v) is 12.2. The van der Waals surface area contributed by atoms with Crippen LogP contribution in [0.15, 0.2) is 24.5 Å². The number of aromatic nitrogens is 1. The summed E-state index contributed by atoms with van der Waals surface area (Å²) in [7, 11) is 0. The predicted molar refractivity (Wildman–Crippen MR) is 77.3 cm³/mol. The van der Waals surface area contributed by atoms with E-state index in [2.05, 4.69) is 18.8 Å². The summed E-state index contributed by atoms with van der Waals surface area (Å²) in [4.78, 5) is 18.0. The molecule has 110 valence electrons. The smallest absolute Gasteiger partial charge is 0.239 e. The van der Waals surface area contributed by atoms with E-state index in [0.717, 1.165) is 25.1 Å². The Morgan fingerprint density at radius 3 is 2.85 bits per heavy atom. The van der Waals surface area contributed by atoms with Crippen LogP contribution in [0.1, 0.15) is 26.7 Å². The van der Waals surface area contributed by atoms with Gasteiger partial charge < -0.3 is 15.4 Å². The van der Waals surface area contributed by atoms with Crippen LogP contribution in [0.3, 0.4) is 0 Å². The van der Waals surface area contributed by atoms with Crippen molar-refractivity contribution in [3.63, 3.8) is 0 Å². The van der Waals surface area contributed by atoms with Gasteiger partial charge in [-0.15, -0.1) is 0 Å². The topological polar surface area (TPSA) is 68.5 Å². The van der Waals surface area contributed by atoms with Gasteiger partial charge in [0.2, 0.25) is 5.91 Å². The first kappa shape index (κ1) is 14.8.